The number of allylic oxidation sites excluding steroid dienone is 1. The van der Waals surface area contributed by atoms with Gasteiger partial charge in [-0.2, -0.15) is 0 Å². The van der Waals surface area contributed by atoms with Gasteiger partial charge in [0.05, 0.1) is 5.69 Å². The summed E-state index contributed by atoms with van der Waals surface area (Å²) in [5.41, 5.74) is 5.61. The van der Waals surface area contributed by atoms with Crippen molar-refractivity contribution in [3.05, 3.63) is 89.0 Å². The second-order valence-electron chi connectivity index (χ2n) is 6.23. The molecule has 1 aromatic heterocycles. The summed E-state index contributed by atoms with van der Waals surface area (Å²) in [4.78, 5) is 9.05. The highest BCUT2D eigenvalue weighted by molar-refractivity contribution is 6.30. The van der Waals surface area contributed by atoms with Crippen LogP contribution in [0.5, 0.6) is 0 Å². The van der Waals surface area contributed by atoms with Crippen LogP contribution in [0, 0.1) is 6.92 Å². The van der Waals surface area contributed by atoms with Crippen LogP contribution < -0.4 is 0 Å². The van der Waals surface area contributed by atoms with Crippen molar-refractivity contribution < 1.29 is 4.42 Å². The summed E-state index contributed by atoms with van der Waals surface area (Å²) < 4.78 is 5.85. The molecule has 0 aliphatic heterocycles. The molecular formula is C23H17ClN2O. The Hall–Kier alpha value is -3.17. The van der Waals surface area contributed by atoms with E-state index >= 15 is 0 Å². The zero-order valence-electron chi connectivity index (χ0n) is 14.8. The molecule has 0 aliphatic rings. The third kappa shape index (κ3) is 4.15. The van der Waals surface area contributed by atoms with Gasteiger partial charge in [-0.3, -0.25) is 4.99 Å². The van der Waals surface area contributed by atoms with Crippen LogP contribution in [0.3, 0.4) is 0 Å². The minimum Gasteiger partial charge on any atom is -0.436 e. The van der Waals surface area contributed by atoms with Crippen molar-refractivity contribution in [2.24, 2.45) is 4.99 Å². The molecule has 0 bridgehead atoms. The SMILES string of the molecule is Cc1ccc(-c2nc3cc(N=C/C=C\c4ccc(Cl)cc4)ccc3o2)cc1. The highest BCUT2D eigenvalue weighted by Crippen LogP contribution is 2.27. The van der Waals surface area contributed by atoms with Gasteiger partial charge in [-0.25, -0.2) is 4.98 Å². The number of aryl methyl sites for hydroxylation is 1. The Kier molecular flexibility index (Phi) is 4.86. The molecule has 3 aromatic carbocycles. The van der Waals surface area contributed by atoms with E-state index in [4.69, 9.17) is 16.0 Å². The zero-order valence-corrected chi connectivity index (χ0v) is 15.5. The van der Waals surface area contributed by atoms with Crippen LogP contribution in [0.1, 0.15) is 11.1 Å². The number of fused-ring (bicyclic) bond motifs is 1. The first-order chi connectivity index (χ1) is 13.2. The molecule has 0 spiro atoms. The molecule has 4 rings (SSSR count). The number of benzene rings is 3. The normalized spacial score (nSPS) is 11.8. The van der Waals surface area contributed by atoms with Gasteiger partial charge in [-0.15, -0.1) is 0 Å². The Morgan fingerprint density at radius 1 is 0.963 bits per heavy atom. The van der Waals surface area contributed by atoms with Crippen molar-refractivity contribution in [3.8, 4) is 11.5 Å². The summed E-state index contributed by atoms with van der Waals surface area (Å²) in [7, 11) is 0. The fraction of sp³-hybridized carbons (Fsp3) is 0.0435. The maximum absolute atomic E-state index is 5.88. The summed E-state index contributed by atoms with van der Waals surface area (Å²) in [6, 6.07) is 21.5. The van der Waals surface area contributed by atoms with Crippen LogP contribution >= 0.6 is 11.6 Å². The Balaban J connectivity index is 1.52. The average molecular weight is 373 g/mol. The molecule has 1 heterocycles. The Morgan fingerprint density at radius 3 is 2.52 bits per heavy atom. The van der Waals surface area contributed by atoms with Crippen molar-refractivity contribution in [1.82, 2.24) is 4.98 Å². The van der Waals surface area contributed by atoms with E-state index in [2.05, 4.69) is 16.9 Å². The van der Waals surface area contributed by atoms with Crippen LogP contribution in [-0.2, 0) is 0 Å². The number of halogens is 1. The number of nitrogens with zero attached hydrogens (tertiary/aromatic N) is 2. The summed E-state index contributed by atoms with van der Waals surface area (Å²) in [6.07, 6.45) is 5.63. The summed E-state index contributed by atoms with van der Waals surface area (Å²) in [5.74, 6) is 0.619. The molecule has 0 saturated heterocycles. The molecule has 0 atom stereocenters. The quantitative estimate of drug-likeness (QED) is 0.366. The van der Waals surface area contributed by atoms with Crippen LogP contribution in [0.4, 0.5) is 5.69 Å². The first-order valence-corrected chi connectivity index (χ1v) is 8.99. The molecule has 27 heavy (non-hydrogen) atoms. The van der Waals surface area contributed by atoms with Gasteiger partial charge in [-0.05, 0) is 61.0 Å². The van der Waals surface area contributed by atoms with E-state index in [0.717, 1.165) is 32.9 Å². The molecular weight excluding hydrogens is 356 g/mol. The number of rotatable bonds is 4. The average Bonchev–Trinajstić information content (AvgIpc) is 3.10. The molecule has 0 N–H and O–H groups in total. The van der Waals surface area contributed by atoms with E-state index in [1.807, 2.05) is 78.9 Å². The fourth-order valence-corrected chi connectivity index (χ4v) is 2.80. The predicted octanol–water partition coefficient (Wildman–Crippen LogP) is 6.87. The topological polar surface area (TPSA) is 38.4 Å². The van der Waals surface area contributed by atoms with Crippen molar-refractivity contribution in [3.63, 3.8) is 0 Å². The van der Waals surface area contributed by atoms with Crippen LogP contribution in [-0.4, -0.2) is 11.2 Å². The highest BCUT2D eigenvalue weighted by atomic mass is 35.5. The largest absolute Gasteiger partial charge is 0.436 e. The van der Waals surface area contributed by atoms with Crippen molar-refractivity contribution in [2.75, 3.05) is 0 Å². The maximum atomic E-state index is 5.88. The van der Waals surface area contributed by atoms with Gasteiger partial charge in [0, 0.05) is 16.8 Å². The van der Waals surface area contributed by atoms with E-state index in [-0.39, 0.29) is 0 Å². The number of hydrogen-bond acceptors (Lipinski definition) is 3. The van der Waals surface area contributed by atoms with Crippen molar-refractivity contribution in [2.45, 2.75) is 6.92 Å². The second kappa shape index (κ2) is 7.60. The molecule has 4 aromatic rings. The standard InChI is InChI=1S/C23H17ClN2O/c1-16-4-8-18(9-5-16)23-26-21-15-20(12-13-22(21)27-23)25-14-2-3-17-6-10-19(24)11-7-17/h2-15H,1H3/b3-2-,25-14?. The smallest absolute Gasteiger partial charge is 0.227 e. The van der Waals surface area contributed by atoms with Gasteiger partial charge < -0.3 is 4.42 Å². The van der Waals surface area contributed by atoms with Crippen LogP contribution in [0.15, 0.2) is 82.2 Å². The maximum Gasteiger partial charge on any atom is 0.227 e. The van der Waals surface area contributed by atoms with Gasteiger partial charge in [0.15, 0.2) is 5.58 Å². The van der Waals surface area contributed by atoms with Gasteiger partial charge in [0.2, 0.25) is 5.89 Å². The number of oxazole rings is 1. The minimum absolute atomic E-state index is 0.619. The van der Waals surface area contributed by atoms with Gasteiger partial charge in [-0.1, -0.05) is 47.5 Å². The van der Waals surface area contributed by atoms with Gasteiger partial charge in [0.25, 0.3) is 0 Å². The zero-order chi connectivity index (χ0) is 18.6. The third-order valence-corrected chi connectivity index (χ3v) is 4.39. The number of aliphatic imine (C=N–C) groups is 1. The van der Waals surface area contributed by atoms with E-state index in [0.29, 0.717) is 5.89 Å². The lowest BCUT2D eigenvalue weighted by atomic mass is 10.1. The first-order valence-electron chi connectivity index (χ1n) is 8.61. The Labute approximate surface area is 162 Å². The molecule has 0 aliphatic carbocycles. The minimum atomic E-state index is 0.619. The molecule has 0 radical (unpaired) electrons. The van der Waals surface area contributed by atoms with Crippen LogP contribution in [0.2, 0.25) is 5.02 Å². The van der Waals surface area contributed by atoms with Crippen LogP contribution in [0.25, 0.3) is 28.6 Å². The molecule has 3 nitrogen and oxygen atoms in total. The lowest BCUT2D eigenvalue weighted by Gasteiger charge is -1.95. The monoisotopic (exact) mass is 372 g/mol. The Morgan fingerprint density at radius 2 is 1.74 bits per heavy atom. The third-order valence-electron chi connectivity index (χ3n) is 4.14. The lowest BCUT2D eigenvalue weighted by molar-refractivity contribution is 0.620. The molecule has 0 unspecified atom stereocenters. The lowest BCUT2D eigenvalue weighted by Crippen LogP contribution is -1.77. The number of hydrogen-bond donors (Lipinski definition) is 0. The second-order valence-corrected chi connectivity index (χ2v) is 6.66. The molecule has 132 valence electrons. The van der Waals surface area contributed by atoms with Crippen molar-refractivity contribution >= 4 is 40.7 Å². The van der Waals surface area contributed by atoms with Gasteiger partial charge in [0.1, 0.15) is 5.52 Å². The van der Waals surface area contributed by atoms with E-state index in [1.54, 1.807) is 6.21 Å². The summed E-state index contributed by atoms with van der Waals surface area (Å²) in [6.45, 7) is 2.06. The molecule has 0 fully saturated rings. The fourth-order valence-electron chi connectivity index (χ4n) is 2.67. The van der Waals surface area contributed by atoms with Crippen molar-refractivity contribution in [1.29, 1.82) is 0 Å². The predicted molar refractivity (Wildman–Crippen MR) is 113 cm³/mol. The molecule has 0 saturated carbocycles. The van der Waals surface area contributed by atoms with E-state index in [9.17, 15) is 0 Å². The molecule has 4 heteroatoms. The van der Waals surface area contributed by atoms with Gasteiger partial charge >= 0.3 is 0 Å². The summed E-state index contributed by atoms with van der Waals surface area (Å²) in [5, 5.41) is 0.728. The summed E-state index contributed by atoms with van der Waals surface area (Å²) >= 11 is 5.88. The molecule has 0 amide bonds. The highest BCUT2D eigenvalue weighted by Gasteiger charge is 2.08. The Bertz CT molecular complexity index is 1120. The number of aromatic nitrogens is 1. The van der Waals surface area contributed by atoms with E-state index in [1.165, 1.54) is 5.56 Å². The van der Waals surface area contributed by atoms with E-state index < -0.39 is 0 Å². The first kappa shape index (κ1) is 17.3.